The Morgan fingerprint density at radius 2 is 1.77 bits per heavy atom. The van der Waals surface area contributed by atoms with Crippen molar-refractivity contribution in [1.29, 1.82) is 0 Å². The predicted octanol–water partition coefficient (Wildman–Crippen LogP) is 2.84. The van der Waals surface area contributed by atoms with E-state index in [0.29, 0.717) is 6.54 Å². The summed E-state index contributed by atoms with van der Waals surface area (Å²) in [5, 5.41) is 2.88. The third-order valence-electron chi connectivity index (χ3n) is 5.72. The van der Waals surface area contributed by atoms with Crippen molar-refractivity contribution in [3.63, 3.8) is 0 Å². The summed E-state index contributed by atoms with van der Waals surface area (Å²) >= 11 is 0. The number of esters is 1. The van der Waals surface area contributed by atoms with Gasteiger partial charge in [-0.15, -0.1) is 0 Å². The molecule has 1 saturated heterocycles. The SMILES string of the molecule is CC(=O)OC(COC1CC(=O)Nc2ccccc21)CN1CCN(c2ccccc2)CC1. The Kier molecular flexibility index (Phi) is 6.84. The number of fused-ring (bicyclic) bond motifs is 1. The molecule has 2 aliphatic heterocycles. The fraction of sp³-hybridized carbons (Fsp3) is 0.417. The molecule has 0 aromatic heterocycles. The minimum Gasteiger partial charge on any atom is -0.459 e. The molecule has 2 aliphatic rings. The van der Waals surface area contributed by atoms with Crippen LogP contribution in [-0.2, 0) is 19.1 Å². The summed E-state index contributed by atoms with van der Waals surface area (Å²) in [5.41, 5.74) is 2.97. The molecule has 0 spiro atoms. The average molecular weight is 424 g/mol. The second-order valence-corrected chi connectivity index (χ2v) is 8.02. The van der Waals surface area contributed by atoms with Gasteiger partial charge in [0.1, 0.15) is 6.10 Å². The van der Waals surface area contributed by atoms with Crippen molar-refractivity contribution in [2.75, 3.05) is 49.5 Å². The second-order valence-electron chi connectivity index (χ2n) is 8.02. The van der Waals surface area contributed by atoms with Crippen LogP contribution < -0.4 is 10.2 Å². The summed E-state index contributed by atoms with van der Waals surface area (Å²) in [6, 6.07) is 18.0. The van der Waals surface area contributed by atoms with Crippen LogP contribution in [0.5, 0.6) is 0 Å². The van der Waals surface area contributed by atoms with Crippen LogP contribution >= 0.6 is 0 Å². The largest absolute Gasteiger partial charge is 0.459 e. The lowest BCUT2D eigenvalue weighted by atomic mass is 10.00. The van der Waals surface area contributed by atoms with Gasteiger partial charge in [-0.1, -0.05) is 36.4 Å². The Labute approximate surface area is 182 Å². The zero-order valence-corrected chi connectivity index (χ0v) is 17.8. The highest BCUT2D eigenvalue weighted by molar-refractivity contribution is 5.94. The van der Waals surface area contributed by atoms with Crippen LogP contribution in [0.2, 0.25) is 0 Å². The van der Waals surface area contributed by atoms with Crippen molar-refractivity contribution in [3.8, 4) is 0 Å². The third kappa shape index (κ3) is 5.62. The molecular formula is C24H29N3O4. The van der Waals surface area contributed by atoms with Crippen molar-refractivity contribution in [3.05, 3.63) is 60.2 Å². The van der Waals surface area contributed by atoms with Crippen LogP contribution in [0.1, 0.15) is 25.0 Å². The fourth-order valence-electron chi connectivity index (χ4n) is 4.22. The first-order valence-electron chi connectivity index (χ1n) is 10.8. The molecule has 1 fully saturated rings. The predicted molar refractivity (Wildman–Crippen MR) is 119 cm³/mol. The van der Waals surface area contributed by atoms with Gasteiger partial charge in [-0.2, -0.15) is 0 Å². The molecule has 2 atom stereocenters. The molecule has 2 aromatic rings. The fourth-order valence-corrected chi connectivity index (χ4v) is 4.22. The number of para-hydroxylation sites is 2. The lowest BCUT2D eigenvalue weighted by Gasteiger charge is -2.37. The van der Waals surface area contributed by atoms with Gasteiger partial charge in [0.2, 0.25) is 5.91 Å². The topological polar surface area (TPSA) is 71.1 Å². The summed E-state index contributed by atoms with van der Waals surface area (Å²) in [7, 11) is 0. The van der Waals surface area contributed by atoms with Crippen molar-refractivity contribution >= 4 is 23.3 Å². The Bertz CT molecular complexity index is 897. The van der Waals surface area contributed by atoms with E-state index in [2.05, 4.69) is 39.4 Å². The minimum absolute atomic E-state index is 0.0650. The lowest BCUT2D eigenvalue weighted by Crippen LogP contribution is -2.49. The summed E-state index contributed by atoms with van der Waals surface area (Å²) in [4.78, 5) is 28.4. The van der Waals surface area contributed by atoms with Gasteiger partial charge in [-0.3, -0.25) is 14.5 Å². The van der Waals surface area contributed by atoms with Gasteiger partial charge in [0.25, 0.3) is 0 Å². The van der Waals surface area contributed by atoms with Gasteiger partial charge in [0, 0.05) is 56.6 Å². The maximum absolute atomic E-state index is 12.0. The van der Waals surface area contributed by atoms with E-state index in [1.807, 2.05) is 30.3 Å². The standard InChI is InChI=1S/C24H29N3O4/c1-18(28)31-20(16-26-11-13-27(14-12-26)19-7-3-2-4-8-19)17-30-23-15-24(29)25-22-10-6-5-9-21(22)23/h2-10,20,23H,11-17H2,1H3,(H,25,29). The van der Waals surface area contributed by atoms with Crippen LogP contribution in [0.3, 0.4) is 0 Å². The van der Waals surface area contributed by atoms with Crippen LogP contribution in [0.4, 0.5) is 11.4 Å². The molecular weight excluding hydrogens is 394 g/mol. The number of rotatable bonds is 7. The summed E-state index contributed by atoms with van der Waals surface area (Å²) in [5.74, 6) is -0.386. The molecule has 31 heavy (non-hydrogen) atoms. The van der Waals surface area contributed by atoms with Crippen LogP contribution in [0, 0.1) is 0 Å². The van der Waals surface area contributed by atoms with Gasteiger partial charge in [0.15, 0.2) is 0 Å². The Morgan fingerprint density at radius 1 is 1.06 bits per heavy atom. The van der Waals surface area contributed by atoms with E-state index in [1.165, 1.54) is 12.6 Å². The van der Waals surface area contributed by atoms with E-state index in [0.717, 1.165) is 37.4 Å². The highest BCUT2D eigenvalue weighted by atomic mass is 16.6. The maximum atomic E-state index is 12.0. The van der Waals surface area contributed by atoms with E-state index in [4.69, 9.17) is 9.47 Å². The van der Waals surface area contributed by atoms with Crippen molar-refractivity contribution in [2.24, 2.45) is 0 Å². The van der Waals surface area contributed by atoms with E-state index < -0.39 is 0 Å². The Balaban J connectivity index is 1.33. The Morgan fingerprint density at radius 3 is 2.52 bits per heavy atom. The number of nitrogens with one attached hydrogen (secondary N) is 1. The van der Waals surface area contributed by atoms with Crippen molar-refractivity contribution in [2.45, 2.75) is 25.6 Å². The number of anilines is 2. The number of ether oxygens (including phenoxy) is 2. The number of carbonyl (C=O) groups excluding carboxylic acids is 2. The molecule has 164 valence electrons. The van der Waals surface area contributed by atoms with E-state index in [9.17, 15) is 9.59 Å². The van der Waals surface area contributed by atoms with Gasteiger partial charge in [0.05, 0.1) is 19.1 Å². The highest BCUT2D eigenvalue weighted by Gasteiger charge is 2.28. The molecule has 4 rings (SSSR count). The molecule has 0 saturated carbocycles. The quantitative estimate of drug-likeness (QED) is 0.691. The molecule has 1 amide bonds. The normalized spacial score (nSPS) is 20.0. The Hall–Kier alpha value is -2.90. The second kappa shape index (κ2) is 9.94. The molecule has 0 bridgehead atoms. The van der Waals surface area contributed by atoms with Gasteiger partial charge in [-0.05, 0) is 18.2 Å². The molecule has 0 aliphatic carbocycles. The molecule has 7 heteroatoms. The number of hydrogen-bond donors (Lipinski definition) is 1. The zero-order chi connectivity index (χ0) is 21.6. The zero-order valence-electron chi connectivity index (χ0n) is 17.8. The lowest BCUT2D eigenvalue weighted by molar-refractivity contribution is -0.152. The molecule has 2 unspecified atom stereocenters. The third-order valence-corrected chi connectivity index (χ3v) is 5.72. The first-order chi connectivity index (χ1) is 15.1. The average Bonchev–Trinajstić information content (AvgIpc) is 2.78. The number of hydrogen-bond acceptors (Lipinski definition) is 6. The number of carbonyl (C=O) groups is 2. The summed E-state index contributed by atoms with van der Waals surface area (Å²) in [6.07, 6.45) is -0.449. The molecule has 2 aromatic carbocycles. The first-order valence-corrected chi connectivity index (χ1v) is 10.8. The van der Waals surface area contributed by atoms with E-state index in [1.54, 1.807) is 0 Å². The van der Waals surface area contributed by atoms with Gasteiger partial charge in [-0.25, -0.2) is 0 Å². The molecule has 2 heterocycles. The smallest absolute Gasteiger partial charge is 0.303 e. The summed E-state index contributed by atoms with van der Waals surface area (Å²) in [6.45, 7) is 5.92. The van der Waals surface area contributed by atoms with Crippen LogP contribution in [-0.4, -0.2) is 62.2 Å². The summed E-state index contributed by atoms with van der Waals surface area (Å²) < 4.78 is 11.7. The number of benzene rings is 2. The van der Waals surface area contributed by atoms with Crippen LogP contribution in [0.15, 0.2) is 54.6 Å². The van der Waals surface area contributed by atoms with Crippen LogP contribution in [0.25, 0.3) is 0 Å². The van der Waals surface area contributed by atoms with E-state index in [-0.39, 0.29) is 37.1 Å². The van der Waals surface area contributed by atoms with Crippen molar-refractivity contribution < 1.29 is 19.1 Å². The first kappa shape index (κ1) is 21.3. The molecule has 0 radical (unpaired) electrons. The monoisotopic (exact) mass is 423 g/mol. The minimum atomic E-state index is -0.377. The number of nitrogens with zero attached hydrogens (tertiary/aromatic N) is 2. The number of amides is 1. The molecule has 1 N–H and O–H groups in total. The van der Waals surface area contributed by atoms with E-state index >= 15 is 0 Å². The number of piperazine rings is 1. The van der Waals surface area contributed by atoms with Crippen molar-refractivity contribution in [1.82, 2.24) is 4.90 Å². The van der Waals surface area contributed by atoms with Gasteiger partial charge >= 0.3 is 5.97 Å². The maximum Gasteiger partial charge on any atom is 0.303 e. The van der Waals surface area contributed by atoms with Gasteiger partial charge < -0.3 is 19.7 Å². The molecule has 7 nitrogen and oxygen atoms in total. The highest BCUT2D eigenvalue weighted by Crippen LogP contribution is 2.32.